The van der Waals surface area contributed by atoms with Gasteiger partial charge in [-0.3, -0.25) is 19.3 Å². The largest absolute Gasteiger partial charge is 0.467 e. The van der Waals surface area contributed by atoms with Gasteiger partial charge in [0.2, 0.25) is 5.91 Å². The summed E-state index contributed by atoms with van der Waals surface area (Å²) in [7, 11) is 1.15. The summed E-state index contributed by atoms with van der Waals surface area (Å²) < 4.78 is 4.62. The first-order valence-electron chi connectivity index (χ1n) is 6.30. The van der Waals surface area contributed by atoms with E-state index < -0.39 is 29.7 Å². The van der Waals surface area contributed by atoms with Crippen LogP contribution in [0.5, 0.6) is 0 Å². The zero-order valence-electron chi connectivity index (χ0n) is 11.4. The number of hydrogen-bond acceptors (Lipinski definition) is 5. The van der Waals surface area contributed by atoms with Gasteiger partial charge in [-0.2, -0.15) is 0 Å². The zero-order valence-corrected chi connectivity index (χ0v) is 11.4. The van der Waals surface area contributed by atoms with E-state index in [0.29, 0.717) is 0 Å². The van der Waals surface area contributed by atoms with Crippen LogP contribution in [0, 0.1) is 0 Å². The van der Waals surface area contributed by atoms with Crippen molar-refractivity contribution in [2.45, 2.75) is 18.9 Å². The van der Waals surface area contributed by atoms with Crippen molar-refractivity contribution in [2.24, 2.45) is 5.73 Å². The number of hydrogen-bond donors (Lipinski definition) is 1. The van der Waals surface area contributed by atoms with E-state index in [4.69, 9.17) is 5.73 Å². The zero-order chi connectivity index (χ0) is 15.6. The molecule has 0 spiro atoms. The maximum Gasteiger partial charge on any atom is 0.329 e. The van der Waals surface area contributed by atoms with Crippen LogP contribution in [0.3, 0.4) is 0 Å². The van der Waals surface area contributed by atoms with Crippen molar-refractivity contribution in [3.05, 3.63) is 35.4 Å². The van der Waals surface area contributed by atoms with Crippen molar-refractivity contribution in [1.82, 2.24) is 4.90 Å². The van der Waals surface area contributed by atoms with Gasteiger partial charge in [0.25, 0.3) is 11.8 Å². The summed E-state index contributed by atoms with van der Waals surface area (Å²) in [5.41, 5.74) is 5.52. The van der Waals surface area contributed by atoms with Crippen LogP contribution in [0.4, 0.5) is 0 Å². The first-order chi connectivity index (χ1) is 9.97. The number of carbonyl (C=O) groups is 4. The van der Waals surface area contributed by atoms with E-state index >= 15 is 0 Å². The summed E-state index contributed by atoms with van der Waals surface area (Å²) >= 11 is 0. The Morgan fingerprint density at radius 1 is 1.19 bits per heavy atom. The SMILES string of the molecule is COC(=O)[C@@H](CCC(N)=O)N1C(=O)c2ccccc2C1=O. The first-order valence-corrected chi connectivity index (χ1v) is 6.30. The highest BCUT2D eigenvalue weighted by Crippen LogP contribution is 2.26. The van der Waals surface area contributed by atoms with Gasteiger partial charge < -0.3 is 10.5 Å². The molecule has 7 nitrogen and oxygen atoms in total. The number of nitrogens with two attached hydrogens (primary N) is 1. The molecule has 1 aromatic rings. The number of methoxy groups -OCH3 is 1. The number of primary amides is 1. The van der Waals surface area contributed by atoms with Gasteiger partial charge in [-0.1, -0.05) is 12.1 Å². The standard InChI is InChI=1S/C14H14N2O5/c1-21-14(20)10(6-7-11(15)17)16-12(18)8-4-2-3-5-9(8)13(16)19/h2-5,10H,6-7H2,1H3,(H2,15,17)/t10-/m1/s1. The minimum atomic E-state index is -1.16. The summed E-state index contributed by atoms with van der Waals surface area (Å²) in [6.45, 7) is 0. The molecule has 0 radical (unpaired) electrons. The van der Waals surface area contributed by atoms with E-state index in [-0.39, 0.29) is 24.0 Å². The fraction of sp³-hybridized carbons (Fsp3) is 0.286. The average Bonchev–Trinajstić information content (AvgIpc) is 2.72. The summed E-state index contributed by atoms with van der Waals surface area (Å²) in [6, 6.07) is 5.12. The summed E-state index contributed by atoms with van der Waals surface area (Å²) in [6.07, 6.45) is -0.194. The Bertz CT molecular complexity index is 591. The summed E-state index contributed by atoms with van der Waals surface area (Å²) in [5, 5.41) is 0. The number of rotatable bonds is 5. The lowest BCUT2D eigenvalue weighted by molar-refractivity contribution is -0.145. The Morgan fingerprint density at radius 2 is 1.71 bits per heavy atom. The molecule has 1 atom stereocenters. The third-order valence-electron chi connectivity index (χ3n) is 3.27. The number of esters is 1. The third-order valence-corrected chi connectivity index (χ3v) is 3.27. The molecule has 2 rings (SSSR count). The third kappa shape index (κ3) is 2.62. The van der Waals surface area contributed by atoms with Gasteiger partial charge >= 0.3 is 5.97 Å². The van der Waals surface area contributed by atoms with Crippen molar-refractivity contribution >= 4 is 23.7 Å². The molecule has 1 aromatic carbocycles. The maximum absolute atomic E-state index is 12.3. The molecule has 0 saturated heterocycles. The lowest BCUT2D eigenvalue weighted by Crippen LogP contribution is -2.45. The van der Waals surface area contributed by atoms with Crippen molar-refractivity contribution in [3.63, 3.8) is 0 Å². The Hall–Kier alpha value is -2.70. The van der Waals surface area contributed by atoms with Crippen LogP contribution >= 0.6 is 0 Å². The molecular weight excluding hydrogens is 276 g/mol. The molecule has 0 unspecified atom stereocenters. The van der Waals surface area contributed by atoms with Crippen LogP contribution in [0.2, 0.25) is 0 Å². The molecule has 110 valence electrons. The molecule has 7 heteroatoms. The van der Waals surface area contributed by atoms with E-state index in [1.165, 1.54) is 12.1 Å². The van der Waals surface area contributed by atoms with Gasteiger partial charge in [0.1, 0.15) is 6.04 Å². The second-order valence-corrected chi connectivity index (χ2v) is 4.57. The lowest BCUT2D eigenvalue weighted by atomic mass is 10.1. The minimum Gasteiger partial charge on any atom is -0.467 e. The fourth-order valence-electron chi connectivity index (χ4n) is 2.26. The van der Waals surface area contributed by atoms with E-state index in [2.05, 4.69) is 4.74 Å². The molecule has 1 aliphatic rings. The number of imide groups is 1. The van der Waals surface area contributed by atoms with Crippen LogP contribution in [-0.4, -0.2) is 41.7 Å². The van der Waals surface area contributed by atoms with E-state index in [1.54, 1.807) is 12.1 Å². The molecular formula is C14H14N2O5. The number of ether oxygens (including phenoxy) is 1. The molecule has 0 aliphatic carbocycles. The first kappa shape index (κ1) is 14.7. The Labute approximate surface area is 120 Å². The van der Waals surface area contributed by atoms with Crippen LogP contribution in [-0.2, 0) is 14.3 Å². The molecule has 0 bridgehead atoms. The molecule has 2 N–H and O–H groups in total. The maximum atomic E-state index is 12.3. The molecule has 0 aromatic heterocycles. The molecule has 1 aliphatic heterocycles. The smallest absolute Gasteiger partial charge is 0.329 e. The highest BCUT2D eigenvalue weighted by atomic mass is 16.5. The molecule has 0 fully saturated rings. The summed E-state index contributed by atoms with van der Waals surface area (Å²) in [5.74, 6) is -2.53. The van der Waals surface area contributed by atoms with Crippen molar-refractivity contribution < 1.29 is 23.9 Å². The number of carbonyl (C=O) groups excluding carboxylic acids is 4. The second-order valence-electron chi connectivity index (χ2n) is 4.57. The Balaban J connectivity index is 2.33. The van der Waals surface area contributed by atoms with Crippen molar-refractivity contribution in [3.8, 4) is 0 Å². The fourth-order valence-corrected chi connectivity index (χ4v) is 2.26. The van der Waals surface area contributed by atoms with Gasteiger partial charge in [-0.15, -0.1) is 0 Å². The predicted octanol–water partition coefficient (Wildman–Crippen LogP) is 0.0897. The van der Waals surface area contributed by atoms with Gasteiger partial charge in [-0.05, 0) is 18.6 Å². The molecule has 21 heavy (non-hydrogen) atoms. The molecule has 0 saturated carbocycles. The number of amides is 3. The van der Waals surface area contributed by atoms with Gasteiger partial charge in [0, 0.05) is 6.42 Å². The topological polar surface area (TPSA) is 107 Å². The van der Waals surface area contributed by atoms with Crippen LogP contribution in [0.25, 0.3) is 0 Å². The lowest BCUT2D eigenvalue weighted by Gasteiger charge is -2.23. The summed E-state index contributed by atoms with van der Waals surface area (Å²) in [4.78, 5) is 48.1. The van der Waals surface area contributed by atoms with E-state index in [9.17, 15) is 19.2 Å². The van der Waals surface area contributed by atoms with Gasteiger partial charge in [0.15, 0.2) is 0 Å². The quantitative estimate of drug-likeness (QED) is 0.611. The number of benzene rings is 1. The normalized spacial score (nSPS) is 14.8. The van der Waals surface area contributed by atoms with Gasteiger partial charge in [0.05, 0.1) is 18.2 Å². The van der Waals surface area contributed by atoms with E-state index in [1.807, 2.05) is 0 Å². The predicted molar refractivity (Wildman–Crippen MR) is 71.2 cm³/mol. The molecule has 1 heterocycles. The minimum absolute atomic E-state index is 0.0620. The van der Waals surface area contributed by atoms with Gasteiger partial charge in [-0.25, -0.2) is 4.79 Å². The Morgan fingerprint density at radius 3 is 2.14 bits per heavy atom. The van der Waals surface area contributed by atoms with E-state index in [0.717, 1.165) is 12.0 Å². The Kier molecular flexibility index (Phi) is 4.02. The van der Waals surface area contributed by atoms with Crippen molar-refractivity contribution in [2.75, 3.05) is 7.11 Å². The number of nitrogens with zero attached hydrogens (tertiary/aromatic N) is 1. The second kappa shape index (κ2) is 5.74. The average molecular weight is 290 g/mol. The highest BCUT2D eigenvalue weighted by Gasteiger charge is 2.43. The highest BCUT2D eigenvalue weighted by molar-refractivity contribution is 6.22. The monoisotopic (exact) mass is 290 g/mol. The van der Waals surface area contributed by atoms with Crippen molar-refractivity contribution in [1.29, 1.82) is 0 Å². The number of fused-ring (bicyclic) bond motifs is 1. The van der Waals surface area contributed by atoms with Crippen LogP contribution in [0.1, 0.15) is 33.6 Å². The van der Waals surface area contributed by atoms with Crippen LogP contribution in [0.15, 0.2) is 24.3 Å². The molecule has 3 amide bonds. The van der Waals surface area contributed by atoms with Crippen LogP contribution < -0.4 is 5.73 Å².